The van der Waals surface area contributed by atoms with Crippen LogP contribution in [-0.2, 0) is 7.05 Å². The zero-order valence-corrected chi connectivity index (χ0v) is 10.3. The van der Waals surface area contributed by atoms with Gasteiger partial charge in [0, 0.05) is 19.3 Å². The maximum absolute atomic E-state index is 13.6. The highest BCUT2D eigenvalue weighted by molar-refractivity contribution is 5.41. The quantitative estimate of drug-likeness (QED) is 0.901. The fourth-order valence-corrected chi connectivity index (χ4v) is 2.53. The third kappa shape index (κ3) is 2.10. The molecular weight excluding hydrogens is 229 g/mol. The lowest BCUT2D eigenvalue weighted by molar-refractivity contribution is 0.363. The minimum Gasteiger partial charge on any atom is -0.380 e. The zero-order valence-electron chi connectivity index (χ0n) is 10.3. The molecule has 18 heavy (non-hydrogen) atoms. The van der Waals surface area contributed by atoms with E-state index in [1.165, 1.54) is 6.07 Å². The van der Waals surface area contributed by atoms with Gasteiger partial charge in [-0.25, -0.2) is 4.39 Å². The summed E-state index contributed by atoms with van der Waals surface area (Å²) in [6, 6.07) is 7.50. The van der Waals surface area contributed by atoms with Crippen molar-refractivity contribution in [2.75, 3.05) is 5.32 Å². The van der Waals surface area contributed by atoms with Crippen LogP contribution in [0.25, 0.3) is 0 Å². The molecule has 1 fully saturated rings. The lowest BCUT2D eigenvalue weighted by Crippen LogP contribution is -2.34. The van der Waals surface area contributed by atoms with Crippen LogP contribution in [0.1, 0.15) is 24.3 Å². The second kappa shape index (κ2) is 4.44. The van der Waals surface area contributed by atoms with E-state index in [9.17, 15) is 4.39 Å². The van der Waals surface area contributed by atoms with Gasteiger partial charge in [-0.1, -0.05) is 18.2 Å². The van der Waals surface area contributed by atoms with Crippen LogP contribution < -0.4 is 5.32 Å². The van der Waals surface area contributed by atoms with Crippen LogP contribution in [0.4, 0.5) is 10.1 Å². The maximum Gasteiger partial charge on any atom is 0.126 e. The Labute approximate surface area is 106 Å². The van der Waals surface area contributed by atoms with E-state index < -0.39 is 0 Å². The average Bonchev–Trinajstić information content (AvgIpc) is 2.70. The molecule has 0 aliphatic heterocycles. The number of nitrogens with one attached hydrogen (secondary N) is 1. The van der Waals surface area contributed by atoms with Crippen molar-refractivity contribution in [3.05, 3.63) is 48.0 Å². The van der Waals surface area contributed by atoms with Crippen molar-refractivity contribution in [2.45, 2.75) is 24.8 Å². The molecule has 0 saturated heterocycles. The Morgan fingerprint density at radius 2 is 2.11 bits per heavy atom. The Morgan fingerprint density at radius 1 is 1.33 bits per heavy atom. The summed E-state index contributed by atoms with van der Waals surface area (Å²) in [4.78, 5) is 0. The summed E-state index contributed by atoms with van der Waals surface area (Å²) in [5, 5.41) is 7.53. The first-order valence-electron chi connectivity index (χ1n) is 6.22. The third-order valence-electron chi connectivity index (χ3n) is 3.56. The van der Waals surface area contributed by atoms with Gasteiger partial charge in [0.1, 0.15) is 5.82 Å². The lowest BCUT2D eigenvalue weighted by atomic mass is 9.75. The molecule has 1 saturated carbocycles. The molecule has 3 nitrogen and oxygen atoms in total. The summed E-state index contributed by atoms with van der Waals surface area (Å²) in [5.41, 5.74) is 1.89. The summed E-state index contributed by atoms with van der Waals surface area (Å²) in [7, 11) is 1.90. The number of anilines is 1. The molecule has 4 heteroatoms. The van der Waals surface area contributed by atoms with E-state index in [4.69, 9.17) is 0 Å². The van der Waals surface area contributed by atoms with Gasteiger partial charge in [0.05, 0.1) is 11.9 Å². The summed E-state index contributed by atoms with van der Waals surface area (Å²) in [6.07, 6.45) is 5.73. The Bertz CT molecular complexity index is 543. The Hall–Kier alpha value is -1.84. The van der Waals surface area contributed by atoms with Gasteiger partial charge in [0.25, 0.3) is 0 Å². The van der Waals surface area contributed by atoms with Crippen LogP contribution >= 0.6 is 0 Å². The van der Waals surface area contributed by atoms with Gasteiger partial charge in [0.15, 0.2) is 0 Å². The van der Waals surface area contributed by atoms with E-state index in [-0.39, 0.29) is 5.82 Å². The highest BCUT2D eigenvalue weighted by Gasteiger charge is 2.31. The highest BCUT2D eigenvalue weighted by Crippen LogP contribution is 2.39. The van der Waals surface area contributed by atoms with Gasteiger partial charge >= 0.3 is 0 Å². The largest absolute Gasteiger partial charge is 0.380 e. The van der Waals surface area contributed by atoms with E-state index in [1.807, 2.05) is 31.6 Å². The summed E-state index contributed by atoms with van der Waals surface area (Å²) in [5.74, 6) is 0.266. The molecule has 1 aromatic heterocycles. The number of aromatic nitrogens is 2. The molecule has 1 heterocycles. The van der Waals surface area contributed by atoms with Gasteiger partial charge in [-0.05, 0) is 30.4 Å². The number of rotatable bonds is 3. The Balaban J connectivity index is 1.59. The molecule has 0 unspecified atom stereocenters. The van der Waals surface area contributed by atoms with Gasteiger partial charge in [-0.3, -0.25) is 4.68 Å². The second-order valence-corrected chi connectivity index (χ2v) is 4.93. The van der Waals surface area contributed by atoms with E-state index >= 15 is 0 Å². The van der Waals surface area contributed by atoms with Crippen molar-refractivity contribution >= 4 is 5.69 Å². The monoisotopic (exact) mass is 245 g/mol. The Morgan fingerprint density at radius 3 is 2.78 bits per heavy atom. The van der Waals surface area contributed by atoms with Crippen LogP contribution in [0.5, 0.6) is 0 Å². The number of hydrogen-bond donors (Lipinski definition) is 1. The van der Waals surface area contributed by atoms with Crippen molar-refractivity contribution in [1.29, 1.82) is 0 Å². The summed E-state index contributed by atoms with van der Waals surface area (Å²) >= 11 is 0. The van der Waals surface area contributed by atoms with Gasteiger partial charge in [-0.2, -0.15) is 5.10 Å². The first kappa shape index (κ1) is 11.3. The number of halogens is 1. The molecule has 3 rings (SSSR count). The number of benzene rings is 1. The Kier molecular flexibility index (Phi) is 2.78. The molecule has 0 radical (unpaired) electrons. The molecule has 1 N–H and O–H groups in total. The van der Waals surface area contributed by atoms with E-state index in [0.717, 1.165) is 24.1 Å². The van der Waals surface area contributed by atoms with E-state index in [1.54, 1.807) is 10.7 Å². The molecule has 94 valence electrons. The second-order valence-electron chi connectivity index (χ2n) is 4.93. The van der Waals surface area contributed by atoms with E-state index in [0.29, 0.717) is 12.0 Å². The van der Waals surface area contributed by atoms with Crippen LogP contribution in [0.15, 0.2) is 36.7 Å². The highest BCUT2D eigenvalue weighted by atomic mass is 19.1. The van der Waals surface area contributed by atoms with Gasteiger partial charge < -0.3 is 5.32 Å². The minimum atomic E-state index is -0.0812. The topological polar surface area (TPSA) is 29.9 Å². The van der Waals surface area contributed by atoms with Crippen molar-refractivity contribution in [3.8, 4) is 0 Å². The predicted molar refractivity (Wildman–Crippen MR) is 69.0 cm³/mol. The van der Waals surface area contributed by atoms with Gasteiger partial charge in [-0.15, -0.1) is 0 Å². The first-order chi connectivity index (χ1) is 8.72. The number of aryl methyl sites for hydroxylation is 1. The van der Waals surface area contributed by atoms with Crippen LogP contribution in [0, 0.1) is 5.82 Å². The maximum atomic E-state index is 13.6. The van der Waals surface area contributed by atoms with Crippen molar-refractivity contribution < 1.29 is 4.39 Å². The van der Waals surface area contributed by atoms with Crippen molar-refractivity contribution in [2.24, 2.45) is 7.05 Å². The number of nitrogens with zero attached hydrogens (tertiary/aromatic N) is 2. The molecule has 1 aromatic carbocycles. The van der Waals surface area contributed by atoms with Crippen LogP contribution in [0.3, 0.4) is 0 Å². The van der Waals surface area contributed by atoms with Crippen molar-refractivity contribution in [1.82, 2.24) is 9.78 Å². The normalized spacial score (nSPS) is 22.6. The SMILES string of the molecule is Cn1cc(NC2CC(c3ccccc3F)C2)cn1. The number of hydrogen-bond acceptors (Lipinski definition) is 2. The smallest absolute Gasteiger partial charge is 0.126 e. The third-order valence-corrected chi connectivity index (χ3v) is 3.56. The predicted octanol–water partition coefficient (Wildman–Crippen LogP) is 2.92. The van der Waals surface area contributed by atoms with Crippen LogP contribution in [-0.4, -0.2) is 15.8 Å². The van der Waals surface area contributed by atoms with E-state index in [2.05, 4.69) is 10.4 Å². The first-order valence-corrected chi connectivity index (χ1v) is 6.22. The minimum absolute atomic E-state index is 0.0812. The molecule has 0 amide bonds. The standard InChI is InChI=1S/C14H16FN3/c1-18-9-12(8-16-18)17-11-6-10(7-11)13-4-2-3-5-14(13)15/h2-5,8-11,17H,6-7H2,1H3. The fourth-order valence-electron chi connectivity index (χ4n) is 2.53. The van der Waals surface area contributed by atoms with Crippen molar-refractivity contribution in [3.63, 3.8) is 0 Å². The molecule has 0 bridgehead atoms. The lowest BCUT2D eigenvalue weighted by Gasteiger charge is -2.36. The molecular formula is C14H16FN3. The molecule has 0 atom stereocenters. The fraction of sp³-hybridized carbons (Fsp3) is 0.357. The van der Waals surface area contributed by atoms with Gasteiger partial charge in [0.2, 0.25) is 0 Å². The molecule has 2 aromatic rings. The zero-order chi connectivity index (χ0) is 12.5. The molecule has 0 spiro atoms. The molecule has 1 aliphatic rings. The van der Waals surface area contributed by atoms with Crippen LogP contribution in [0.2, 0.25) is 0 Å². The summed E-state index contributed by atoms with van der Waals surface area (Å²) in [6.45, 7) is 0. The summed E-state index contributed by atoms with van der Waals surface area (Å²) < 4.78 is 15.4. The average molecular weight is 245 g/mol. The molecule has 1 aliphatic carbocycles.